The minimum atomic E-state index is -0.220. The van der Waals surface area contributed by atoms with E-state index in [4.69, 9.17) is 9.47 Å². The summed E-state index contributed by atoms with van der Waals surface area (Å²) >= 11 is 0. The molecule has 7 rings (SSSR count). The summed E-state index contributed by atoms with van der Waals surface area (Å²) in [5, 5.41) is 2.48. The van der Waals surface area contributed by atoms with Crippen LogP contribution in [0.4, 0.5) is 0 Å². The zero-order valence-corrected chi connectivity index (χ0v) is 34.6. The molecule has 4 saturated heterocycles. The molecule has 4 fully saturated rings. The lowest BCUT2D eigenvalue weighted by molar-refractivity contribution is -0.134. The lowest BCUT2D eigenvalue weighted by atomic mass is 9.85. The number of ether oxygens (including phenoxy) is 2. The summed E-state index contributed by atoms with van der Waals surface area (Å²) in [5.41, 5.74) is 5.33. The third kappa shape index (κ3) is 9.98. The van der Waals surface area contributed by atoms with Gasteiger partial charge in [-0.25, -0.2) is 0 Å². The van der Waals surface area contributed by atoms with Crippen LogP contribution in [0.3, 0.4) is 0 Å². The van der Waals surface area contributed by atoms with Crippen LogP contribution < -0.4 is 14.8 Å². The van der Waals surface area contributed by atoms with Gasteiger partial charge < -0.3 is 29.1 Å². The second-order valence-electron chi connectivity index (χ2n) is 16.7. The van der Waals surface area contributed by atoms with E-state index in [1.807, 2.05) is 43.3 Å². The van der Waals surface area contributed by atoms with Crippen molar-refractivity contribution in [2.45, 2.75) is 88.6 Å². The Bertz CT molecular complexity index is 1890. The molecule has 4 heterocycles. The van der Waals surface area contributed by atoms with E-state index in [0.717, 1.165) is 88.2 Å². The van der Waals surface area contributed by atoms with Crippen LogP contribution in [0.25, 0.3) is 0 Å². The first-order chi connectivity index (χ1) is 28.2. The number of rotatable bonds is 14. The molecule has 0 saturated carbocycles. The highest BCUT2D eigenvalue weighted by molar-refractivity contribution is 6.02. The number of methoxy groups -OCH3 is 1. The number of piperidine rings is 4. The molecule has 58 heavy (non-hydrogen) atoms. The molecule has 1 N–H and O–H groups in total. The van der Waals surface area contributed by atoms with Gasteiger partial charge in [0.05, 0.1) is 25.2 Å². The monoisotopic (exact) mass is 791 g/mol. The summed E-state index contributed by atoms with van der Waals surface area (Å²) in [7, 11) is 3.37. The Hall–Kier alpha value is -4.58. The maximum atomic E-state index is 13.5. The quantitative estimate of drug-likeness (QED) is 0.150. The van der Waals surface area contributed by atoms with Gasteiger partial charge in [-0.1, -0.05) is 36.4 Å². The van der Waals surface area contributed by atoms with E-state index in [1.54, 1.807) is 19.1 Å². The summed E-state index contributed by atoms with van der Waals surface area (Å²) in [4.78, 5) is 59.2. The van der Waals surface area contributed by atoms with Gasteiger partial charge in [0.2, 0.25) is 11.8 Å². The number of likely N-dealkylation sites (tertiary alicyclic amines) is 3. The van der Waals surface area contributed by atoms with Crippen LogP contribution in [0.5, 0.6) is 11.5 Å². The second kappa shape index (κ2) is 19.4. The number of benzene rings is 3. The van der Waals surface area contributed by atoms with Crippen LogP contribution in [0.1, 0.15) is 119 Å². The Kier molecular flexibility index (Phi) is 13.9. The first-order valence-corrected chi connectivity index (χ1v) is 21.5. The molecular formula is C47H61N5O6. The summed E-state index contributed by atoms with van der Waals surface area (Å²) in [5.74, 6) is 1.50. The summed E-state index contributed by atoms with van der Waals surface area (Å²) in [6.45, 7) is 11.7. The van der Waals surface area contributed by atoms with Crippen molar-refractivity contribution in [1.29, 1.82) is 0 Å². The fourth-order valence-corrected chi connectivity index (χ4v) is 9.66. The summed E-state index contributed by atoms with van der Waals surface area (Å²) < 4.78 is 11.1. The molecule has 1 unspecified atom stereocenters. The van der Waals surface area contributed by atoms with Crippen molar-refractivity contribution in [1.82, 2.24) is 24.9 Å². The Labute approximate surface area is 344 Å². The van der Waals surface area contributed by atoms with E-state index in [9.17, 15) is 19.2 Å². The largest absolute Gasteiger partial charge is 0.493 e. The van der Waals surface area contributed by atoms with E-state index < -0.39 is 0 Å². The van der Waals surface area contributed by atoms with Crippen molar-refractivity contribution in [3.63, 3.8) is 0 Å². The van der Waals surface area contributed by atoms with Crippen molar-refractivity contribution < 1.29 is 28.7 Å². The smallest absolute Gasteiger partial charge is 0.254 e. The van der Waals surface area contributed by atoms with Crippen LogP contribution in [0.15, 0.2) is 60.7 Å². The summed E-state index contributed by atoms with van der Waals surface area (Å²) in [6.07, 6.45) is 8.73. The molecule has 0 radical (unpaired) electrons. The Morgan fingerprint density at radius 3 is 2.03 bits per heavy atom. The highest BCUT2D eigenvalue weighted by Gasteiger charge is 2.31. The molecule has 11 nitrogen and oxygen atoms in total. The van der Waals surface area contributed by atoms with Gasteiger partial charge in [0, 0.05) is 44.7 Å². The molecule has 3 amide bonds. The van der Waals surface area contributed by atoms with Crippen LogP contribution in [-0.2, 0) is 16.1 Å². The zero-order chi connectivity index (χ0) is 40.6. The van der Waals surface area contributed by atoms with Crippen molar-refractivity contribution in [2.24, 2.45) is 0 Å². The number of hydrogen-bond acceptors (Lipinski definition) is 9. The fourth-order valence-electron chi connectivity index (χ4n) is 9.66. The summed E-state index contributed by atoms with van der Waals surface area (Å²) in [6, 6.07) is 20.8. The number of imide groups is 1. The fraction of sp³-hybridized carbons (Fsp3) is 0.532. The van der Waals surface area contributed by atoms with Crippen LogP contribution in [-0.4, -0.2) is 123 Å². The molecule has 0 bridgehead atoms. The molecular weight excluding hydrogens is 731 g/mol. The molecule has 310 valence electrons. The molecule has 0 aliphatic carbocycles. The Morgan fingerprint density at radius 1 is 0.776 bits per heavy atom. The molecule has 3 aromatic rings. The van der Waals surface area contributed by atoms with Crippen molar-refractivity contribution in [3.8, 4) is 11.5 Å². The maximum Gasteiger partial charge on any atom is 0.254 e. The highest BCUT2D eigenvalue weighted by Crippen LogP contribution is 2.34. The Morgan fingerprint density at radius 2 is 1.40 bits per heavy atom. The average molecular weight is 792 g/mol. The lowest BCUT2D eigenvalue weighted by Crippen LogP contribution is -2.49. The van der Waals surface area contributed by atoms with E-state index in [2.05, 4.69) is 44.3 Å². The standard InChI is InChI=1S/C47H61N5O6/c1-4-58-44-29-33(5-13-43(44)57-3)31-49(2)47(56)42-11-10-38(30-39(42)32-53)36-15-21-50(22-16-36)27-28-51-23-19-40(20-24-51)52-25-17-35(18-26-52)34-6-8-37(9-7-34)41-12-14-45(54)48-46(41)55/h5-11,13,29-30,32,35-36,40-41H,4,12,14-28,31H2,1-3H3,(H,48,54,55). The van der Waals surface area contributed by atoms with Crippen molar-refractivity contribution in [3.05, 3.63) is 94.0 Å². The number of carbonyl (C=O) groups excluding carboxylic acids is 4. The number of carbonyl (C=O) groups is 4. The Balaban J connectivity index is 0.811. The molecule has 3 aromatic carbocycles. The third-order valence-electron chi connectivity index (χ3n) is 13.2. The molecule has 0 aromatic heterocycles. The first kappa shape index (κ1) is 41.6. The minimum absolute atomic E-state index is 0.167. The first-order valence-electron chi connectivity index (χ1n) is 21.5. The van der Waals surface area contributed by atoms with Gasteiger partial charge in [-0.2, -0.15) is 0 Å². The SMILES string of the molecule is CCOc1cc(CN(C)C(=O)c2ccc(C3CCN(CCN4CCC(N5CCC(c6ccc(C7CCC(=O)NC7=O)cc6)CC5)CC4)CC3)cc2C=O)ccc1OC. The highest BCUT2D eigenvalue weighted by atomic mass is 16.5. The lowest BCUT2D eigenvalue weighted by Gasteiger charge is -2.42. The number of hydrogen-bond donors (Lipinski definition) is 1. The van der Waals surface area contributed by atoms with Crippen molar-refractivity contribution in [2.75, 3.05) is 73.1 Å². The second-order valence-corrected chi connectivity index (χ2v) is 16.7. The number of aldehydes is 1. The maximum absolute atomic E-state index is 13.5. The van der Waals surface area contributed by atoms with Gasteiger partial charge in [-0.15, -0.1) is 0 Å². The topological polar surface area (TPSA) is 112 Å². The van der Waals surface area contributed by atoms with E-state index >= 15 is 0 Å². The molecule has 1 atom stereocenters. The van der Waals surface area contributed by atoms with Gasteiger partial charge >= 0.3 is 0 Å². The molecule has 0 spiro atoms. The number of amides is 3. The average Bonchev–Trinajstić information content (AvgIpc) is 3.26. The van der Waals surface area contributed by atoms with Gasteiger partial charge in [0.25, 0.3) is 5.91 Å². The van der Waals surface area contributed by atoms with Gasteiger partial charge in [-0.05, 0) is 149 Å². The molecule has 11 heteroatoms. The van der Waals surface area contributed by atoms with E-state index in [1.165, 1.54) is 31.2 Å². The van der Waals surface area contributed by atoms with Crippen LogP contribution in [0, 0.1) is 0 Å². The van der Waals surface area contributed by atoms with E-state index in [0.29, 0.717) is 66.5 Å². The van der Waals surface area contributed by atoms with E-state index in [-0.39, 0.29) is 23.6 Å². The van der Waals surface area contributed by atoms with Gasteiger partial charge in [0.15, 0.2) is 17.8 Å². The number of nitrogens with zero attached hydrogens (tertiary/aromatic N) is 4. The normalized spacial score (nSPS) is 20.8. The van der Waals surface area contributed by atoms with Crippen LogP contribution in [0.2, 0.25) is 0 Å². The predicted octanol–water partition coefficient (Wildman–Crippen LogP) is 6.22. The number of nitrogens with one attached hydrogen (secondary N) is 1. The predicted molar refractivity (Wildman–Crippen MR) is 225 cm³/mol. The minimum Gasteiger partial charge on any atom is -0.493 e. The van der Waals surface area contributed by atoms with Gasteiger partial charge in [-0.3, -0.25) is 24.5 Å². The molecule has 4 aliphatic rings. The third-order valence-corrected chi connectivity index (χ3v) is 13.2. The van der Waals surface area contributed by atoms with Crippen LogP contribution >= 0.6 is 0 Å². The van der Waals surface area contributed by atoms with Crippen molar-refractivity contribution >= 4 is 24.0 Å². The molecule has 4 aliphatic heterocycles. The zero-order valence-electron chi connectivity index (χ0n) is 34.6. The van der Waals surface area contributed by atoms with Gasteiger partial charge in [0.1, 0.15) is 0 Å².